The molecule has 0 bridgehead atoms. The van der Waals surface area contributed by atoms with Crippen molar-refractivity contribution in [3.63, 3.8) is 0 Å². The lowest BCUT2D eigenvalue weighted by molar-refractivity contribution is -0.138. The van der Waals surface area contributed by atoms with Gasteiger partial charge in [0.15, 0.2) is 0 Å². The average molecular weight is 155 g/mol. The average Bonchev–Trinajstić information content (AvgIpc) is 2.07. The quantitative estimate of drug-likeness (QED) is 0.589. The summed E-state index contributed by atoms with van der Waals surface area (Å²) >= 11 is 0. The van der Waals surface area contributed by atoms with Crippen molar-refractivity contribution in [1.29, 1.82) is 0 Å². The number of carbonyl (C=O) groups excluding carboxylic acids is 1. The molecule has 0 amide bonds. The van der Waals surface area contributed by atoms with E-state index >= 15 is 0 Å². The lowest BCUT2D eigenvalue weighted by Gasteiger charge is -2.12. The van der Waals surface area contributed by atoms with Crippen LogP contribution in [0.1, 0.15) is 13.3 Å². The van der Waals surface area contributed by atoms with Gasteiger partial charge in [0.05, 0.1) is 6.61 Å². The Morgan fingerprint density at radius 1 is 1.82 bits per heavy atom. The zero-order valence-electron chi connectivity index (χ0n) is 6.72. The van der Waals surface area contributed by atoms with Crippen LogP contribution in [0.15, 0.2) is 11.6 Å². The van der Waals surface area contributed by atoms with Gasteiger partial charge >= 0.3 is 5.97 Å². The number of hydrogen-bond donors (Lipinski definition) is 1. The van der Waals surface area contributed by atoms with Crippen LogP contribution < -0.4 is 5.32 Å². The van der Waals surface area contributed by atoms with E-state index < -0.39 is 0 Å². The molecular formula is C8H13NO2. The lowest BCUT2D eigenvalue weighted by Crippen LogP contribution is -2.26. The molecule has 0 aromatic carbocycles. The zero-order chi connectivity index (χ0) is 8.10. The number of hydrogen-bond acceptors (Lipinski definition) is 3. The Morgan fingerprint density at radius 2 is 2.64 bits per heavy atom. The Morgan fingerprint density at radius 3 is 3.18 bits per heavy atom. The first-order valence-corrected chi connectivity index (χ1v) is 3.91. The second-order valence-electron chi connectivity index (χ2n) is 2.42. The van der Waals surface area contributed by atoms with Gasteiger partial charge in [-0.3, -0.25) is 0 Å². The first-order valence-electron chi connectivity index (χ1n) is 3.91. The third-order valence-electron chi connectivity index (χ3n) is 1.56. The van der Waals surface area contributed by atoms with Crippen molar-refractivity contribution >= 4 is 5.97 Å². The Labute approximate surface area is 66.4 Å². The normalized spacial score (nSPS) is 17.4. The van der Waals surface area contributed by atoms with Gasteiger partial charge in [0.2, 0.25) is 0 Å². The van der Waals surface area contributed by atoms with Crippen LogP contribution in [-0.4, -0.2) is 25.7 Å². The zero-order valence-corrected chi connectivity index (χ0v) is 6.72. The first-order chi connectivity index (χ1) is 5.34. The SMILES string of the molecule is CCOC(=O)C1=CCCNC1. The molecular weight excluding hydrogens is 142 g/mol. The second kappa shape index (κ2) is 4.13. The fourth-order valence-corrected chi connectivity index (χ4v) is 1.02. The smallest absolute Gasteiger partial charge is 0.334 e. The van der Waals surface area contributed by atoms with Crippen LogP contribution in [0, 0.1) is 0 Å². The highest BCUT2D eigenvalue weighted by atomic mass is 16.5. The molecule has 62 valence electrons. The molecule has 0 fully saturated rings. The van der Waals surface area contributed by atoms with Crippen LogP contribution in [0.2, 0.25) is 0 Å². The molecule has 0 saturated carbocycles. The molecule has 0 atom stereocenters. The third kappa shape index (κ3) is 2.35. The van der Waals surface area contributed by atoms with Crippen molar-refractivity contribution in [1.82, 2.24) is 5.32 Å². The Kier molecular flexibility index (Phi) is 3.11. The molecule has 1 aliphatic rings. The highest BCUT2D eigenvalue weighted by Crippen LogP contribution is 2.02. The Hall–Kier alpha value is -0.830. The fourth-order valence-electron chi connectivity index (χ4n) is 1.02. The van der Waals surface area contributed by atoms with Crippen LogP contribution in [0.4, 0.5) is 0 Å². The largest absolute Gasteiger partial charge is 0.463 e. The summed E-state index contributed by atoms with van der Waals surface area (Å²) in [5.41, 5.74) is 0.762. The molecule has 1 rings (SSSR count). The van der Waals surface area contributed by atoms with Crippen molar-refractivity contribution in [3.8, 4) is 0 Å². The van der Waals surface area contributed by atoms with Crippen LogP contribution >= 0.6 is 0 Å². The minimum absolute atomic E-state index is 0.181. The van der Waals surface area contributed by atoms with Gasteiger partial charge in [-0.1, -0.05) is 6.08 Å². The maximum absolute atomic E-state index is 11.1. The second-order valence-corrected chi connectivity index (χ2v) is 2.42. The van der Waals surface area contributed by atoms with E-state index in [1.807, 2.05) is 13.0 Å². The van der Waals surface area contributed by atoms with Gasteiger partial charge in [-0.25, -0.2) is 4.79 Å². The van der Waals surface area contributed by atoms with Crippen LogP contribution in [-0.2, 0) is 9.53 Å². The number of esters is 1. The number of carbonyl (C=O) groups is 1. The monoisotopic (exact) mass is 155 g/mol. The summed E-state index contributed by atoms with van der Waals surface area (Å²) < 4.78 is 4.83. The van der Waals surface area contributed by atoms with E-state index in [-0.39, 0.29) is 5.97 Å². The van der Waals surface area contributed by atoms with Gasteiger partial charge in [0.25, 0.3) is 0 Å². The van der Waals surface area contributed by atoms with Crippen molar-refractivity contribution in [2.75, 3.05) is 19.7 Å². The highest BCUT2D eigenvalue weighted by Gasteiger charge is 2.11. The summed E-state index contributed by atoms with van der Waals surface area (Å²) in [6, 6.07) is 0. The van der Waals surface area contributed by atoms with Crippen molar-refractivity contribution in [3.05, 3.63) is 11.6 Å². The van der Waals surface area contributed by atoms with E-state index in [1.165, 1.54) is 0 Å². The van der Waals surface area contributed by atoms with Gasteiger partial charge in [-0.2, -0.15) is 0 Å². The summed E-state index contributed by atoms with van der Waals surface area (Å²) in [6.45, 7) is 3.88. The molecule has 0 spiro atoms. The van der Waals surface area contributed by atoms with Gasteiger partial charge in [-0.05, 0) is 19.9 Å². The minimum atomic E-state index is -0.181. The summed E-state index contributed by atoms with van der Waals surface area (Å²) in [7, 11) is 0. The fraction of sp³-hybridized carbons (Fsp3) is 0.625. The summed E-state index contributed by atoms with van der Waals surface area (Å²) in [4.78, 5) is 11.1. The lowest BCUT2D eigenvalue weighted by atomic mass is 10.1. The topological polar surface area (TPSA) is 38.3 Å². The molecule has 0 unspecified atom stereocenters. The molecule has 0 saturated heterocycles. The summed E-state index contributed by atoms with van der Waals surface area (Å²) in [5, 5.41) is 3.11. The molecule has 3 nitrogen and oxygen atoms in total. The molecule has 11 heavy (non-hydrogen) atoms. The van der Waals surface area contributed by atoms with E-state index in [2.05, 4.69) is 5.32 Å². The predicted octanol–water partition coefficient (Wildman–Crippen LogP) is 0.469. The third-order valence-corrected chi connectivity index (χ3v) is 1.56. The predicted molar refractivity (Wildman–Crippen MR) is 42.2 cm³/mol. The maximum atomic E-state index is 11.1. The Balaban J connectivity index is 2.44. The standard InChI is InChI=1S/C8H13NO2/c1-2-11-8(10)7-4-3-5-9-6-7/h4,9H,2-3,5-6H2,1H3. The molecule has 0 aliphatic carbocycles. The Bertz CT molecular complexity index is 175. The van der Waals surface area contributed by atoms with E-state index in [0.29, 0.717) is 13.2 Å². The van der Waals surface area contributed by atoms with Crippen LogP contribution in [0.25, 0.3) is 0 Å². The molecule has 1 aliphatic heterocycles. The van der Waals surface area contributed by atoms with Crippen molar-refractivity contribution < 1.29 is 9.53 Å². The highest BCUT2D eigenvalue weighted by molar-refractivity contribution is 5.89. The maximum Gasteiger partial charge on any atom is 0.334 e. The van der Waals surface area contributed by atoms with Gasteiger partial charge in [0.1, 0.15) is 0 Å². The number of nitrogens with one attached hydrogen (secondary N) is 1. The summed E-state index contributed by atoms with van der Waals surface area (Å²) in [6.07, 6.45) is 2.86. The van der Waals surface area contributed by atoms with Gasteiger partial charge in [-0.15, -0.1) is 0 Å². The van der Waals surface area contributed by atoms with E-state index in [1.54, 1.807) is 0 Å². The molecule has 0 radical (unpaired) electrons. The van der Waals surface area contributed by atoms with Crippen molar-refractivity contribution in [2.24, 2.45) is 0 Å². The first kappa shape index (κ1) is 8.27. The van der Waals surface area contributed by atoms with E-state index in [0.717, 1.165) is 18.5 Å². The summed E-state index contributed by atoms with van der Waals surface area (Å²) in [5.74, 6) is -0.181. The molecule has 0 aromatic heterocycles. The van der Waals surface area contributed by atoms with Crippen LogP contribution in [0.5, 0.6) is 0 Å². The number of ether oxygens (including phenoxy) is 1. The molecule has 3 heteroatoms. The minimum Gasteiger partial charge on any atom is -0.463 e. The molecule has 1 heterocycles. The van der Waals surface area contributed by atoms with Crippen molar-refractivity contribution in [2.45, 2.75) is 13.3 Å². The van der Waals surface area contributed by atoms with E-state index in [4.69, 9.17) is 4.74 Å². The van der Waals surface area contributed by atoms with Gasteiger partial charge in [0, 0.05) is 12.1 Å². The van der Waals surface area contributed by atoms with E-state index in [9.17, 15) is 4.79 Å². The number of rotatable bonds is 2. The molecule has 0 aromatic rings. The van der Waals surface area contributed by atoms with Gasteiger partial charge < -0.3 is 10.1 Å². The van der Waals surface area contributed by atoms with Crippen LogP contribution in [0.3, 0.4) is 0 Å². The molecule has 1 N–H and O–H groups in total.